The highest BCUT2D eigenvalue weighted by atomic mass is 16.6. The van der Waals surface area contributed by atoms with E-state index in [1.807, 2.05) is 48.5 Å². The third-order valence-corrected chi connectivity index (χ3v) is 5.60. The van der Waals surface area contributed by atoms with Gasteiger partial charge in [-0.15, -0.1) is 0 Å². The molecule has 4 atom stereocenters. The average molecular weight is 435 g/mol. The van der Waals surface area contributed by atoms with E-state index in [0.29, 0.717) is 0 Å². The van der Waals surface area contributed by atoms with Gasteiger partial charge in [0.05, 0.1) is 6.61 Å². The Balaban J connectivity index is 1.68. The molecule has 164 valence electrons. The van der Waals surface area contributed by atoms with Crippen LogP contribution >= 0.6 is 0 Å². The van der Waals surface area contributed by atoms with Crippen LogP contribution in [0.5, 0.6) is 0 Å². The number of hydrogen-bond acceptors (Lipinski definition) is 8. The van der Waals surface area contributed by atoms with Crippen molar-refractivity contribution in [1.82, 2.24) is 19.5 Å². The van der Waals surface area contributed by atoms with E-state index in [4.69, 9.17) is 10.5 Å². The van der Waals surface area contributed by atoms with Gasteiger partial charge in [-0.1, -0.05) is 48.5 Å². The highest BCUT2D eigenvalue weighted by molar-refractivity contribution is 5.92. The number of nitrogen functional groups attached to an aromatic ring is 1. The molecule has 0 bridgehead atoms. The summed E-state index contributed by atoms with van der Waals surface area (Å²) in [5, 5.41) is 32.4. The minimum Gasteiger partial charge on any atom is -0.394 e. The Bertz CT molecular complexity index is 1390. The second kappa shape index (κ2) is 7.84. The van der Waals surface area contributed by atoms with Gasteiger partial charge < -0.3 is 25.8 Å². The third kappa shape index (κ3) is 3.26. The van der Waals surface area contributed by atoms with Gasteiger partial charge >= 0.3 is 0 Å². The lowest BCUT2D eigenvalue weighted by molar-refractivity contribution is -0.0513. The smallest absolute Gasteiger partial charge is 0.280 e. The van der Waals surface area contributed by atoms with E-state index in [1.165, 1.54) is 4.57 Å². The monoisotopic (exact) mass is 435 g/mol. The maximum atomic E-state index is 12.4. The molecule has 1 aliphatic heterocycles. The molecule has 0 amide bonds. The number of aliphatic hydroxyl groups excluding tert-OH is 3. The lowest BCUT2D eigenvalue weighted by Crippen LogP contribution is -2.33. The fourth-order valence-electron chi connectivity index (χ4n) is 4.04. The standard InChI is InChI=1S/C22H21N5O5/c23-22-25-19-16(20(31)26-22)24-15(27(19)21-18(30)17(29)14(10-28)32-21)9-8-12-6-3-5-11-4-1-2-7-13(11)12/h1-9,14,17-18,21,28-30H,10H2,(H3,23,25,26,31)/t14-,17?,18?,21-/m1/s1. The first-order chi connectivity index (χ1) is 15.5. The molecule has 1 saturated heterocycles. The zero-order valence-corrected chi connectivity index (χ0v) is 16.8. The summed E-state index contributed by atoms with van der Waals surface area (Å²) in [5.74, 6) is 0.145. The van der Waals surface area contributed by atoms with E-state index in [0.717, 1.165) is 16.3 Å². The van der Waals surface area contributed by atoms with Crippen molar-refractivity contribution in [3.8, 4) is 0 Å². The van der Waals surface area contributed by atoms with E-state index >= 15 is 0 Å². The van der Waals surface area contributed by atoms with E-state index in [-0.39, 0.29) is 22.9 Å². The van der Waals surface area contributed by atoms with Crippen LogP contribution in [0.1, 0.15) is 17.6 Å². The highest BCUT2D eigenvalue weighted by Gasteiger charge is 2.44. The number of H-pyrrole nitrogens is 1. The SMILES string of the molecule is Nc1nc2c(nc(C=Cc3cccc4ccccc34)n2[C@@H]2O[C@H](CO)C(O)C2O)c(=O)[nH]1. The predicted octanol–water partition coefficient (Wildman–Crippen LogP) is 0.637. The average Bonchev–Trinajstić information content (AvgIpc) is 3.29. The Morgan fingerprint density at radius 2 is 1.88 bits per heavy atom. The van der Waals surface area contributed by atoms with Gasteiger partial charge in [0.15, 0.2) is 17.4 Å². The van der Waals surface area contributed by atoms with Crippen LogP contribution in [-0.2, 0) is 4.74 Å². The van der Waals surface area contributed by atoms with E-state index in [1.54, 1.807) is 6.08 Å². The third-order valence-electron chi connectivity index (χ3n) is 5.60. The van der Waals surface area contributed by atoms with Crippen LogP contribution in [0.3, 0.4) is 0 Å². The number of nitrogens with zero attached hydrogens (tertiary/aromatic N) is 3. The molecule has 4 aromatic rings. The number of nitrogens with two attached hydrogens (primary N) is 1. The van der Waals surface area contributed by atoms with Crippen molar-refractivity contribution in [2.24, 2.45) is 0 Å². The number of aromatic amines is 1. The zero-order valence-electron chi connectivity index (χ0n) is 16.8. The predicted molar refractivity (Wildman–Crippen MR) is 118 cm³/mol. The van der Waals surface area contributed by atoms with Crippen molar-refractivity contribution >= 4 is 40.0 Å². The number of rotatable bonds is 4. The van der Waals surface area contributed by atoms with Crippen molar-refractivity contribution in [3.63, 3.8) is 0 Å². The lowest BCUT2D eigenvalue weighted by atomic mass is 10.0. The summed E-state index contributed by atoms with van der Waals surface area (Å²) in [5.41, 5.74) is 6.21. The van der Waals surface area contributed by atoms with E-state index in [9.17, 15) is 20.1 Å². The second-order valence-corrected chi connectivity index (χ2v) is 7.59. The summed E-state index contributed by atoms with van der Waals surface area (Å²) >= 11 is 0. The number of anilines is 1. The first kappa shape index (κ1) is 20.3. The van der Waals surface area contributed by atoms with Gasteiger partial charge in [-0.05, 0) is 22.4 Å². The fourth-order valence-corrected chi connectivity index (χ4v) is 4.04. The van der Waals surface area contributed by atoms with Gasteiger partial charge in [-0.25, -0.2) is 4.98 Å². The summed E-state index contributed by atoms with van der Waals surface area (Å²) in [7, 11) is 0. The molecular weight excluding hydrogens is 414 g/mol. The van der Waals surface area contributed by atoms with Gasteiger partial charge in [-0.3, -0.25) is 14.3 Å². The summed E-state index contributed by atoms with van der Waals surface area (Å²) in [4.78, 5) is 23.4. The summed E-state index contributed by atoms with van der Waals surface area (Å²) in [6.07, 6.45) is -1.32. The molecule has 0 saturated carbocycles. The van der Waals surface area contributed by atoms with Gasteiger partial charge in [-0.2, -0.15) is 4.98 Å². The number of benzene rings is 2. The number of imidazole rings is 1. The molecule has 0 radical (unpaired) electrons. The Morgan fingerprint density at radius 3 is 2.66 bits per heavy atom. The minimum atomic E-state index is -1.38. The molecule has 2 aromatic carbocycles. The molecule has 1 fully saturated rings. The molecule has 0 aliphatic carbocycles. The fraction of sp³-hybridized carbons (Fsp3) is 0.227. The molecule has 0 spiro atoms. The molecule has 2 aromatic heterocycles. The van der Waals surface area contributed by atoms with Crippen LogP contribution in [0, 0.1) is 0 Å². The van der Waals surface area contributed by atoms with Gasteiger partial charge in [0.2, 0.25) is 5.95 Å². The van der Waals surface area contributed by atoms with Gasteiger partial charge in [0.25, 0.3) is 5.56 Å². The van der Waals surface area contributed by atoms with Crippen LogP contribution in [0.15, 0.2) is 47.3 Å². The number of ether oxygens (including phenoxy) is 1. The van der Waals surface area contributed by atoms with E-state index < -0.39 is 36.7 Å². The van der Waals surface area contributed by atoms with Crippen LogP contribution in [0.4, 0.5) is 5.95 Å². The molecule has 10 heteroatoms. The van der Waals surface area contributed by atoms with Crippen LogP contribution < -0.4 is 11.3 Å². The minimum absolute atomic E-state index is 0.00880. The Hall–Kier alpha value is -3.57. The molecule has 2 unspecified atom stereocenters. The molecule has 5 rings (SSSR count). The number of nitrogens with one attached hydrogen (secondary N) is 1. The second-order valence-electron chi connectivity index (χ2n) is 7.59. The summed E-state index contributed by atoms with van der Waals surface area (Å²) in [6.45, 7) is -0.487. The van der Waals surface area contributed by atoms with Crippen molar-refractivity contribution in [2.75, 3.05) is 12.3 Å². The normalized spacial score (nSPS) is 23.6. The number of hydrogen-bond donors (Lipinski definition) is 5. The Morgan fingerprint density at radius 1 is 1.09 bits per heavy atom. The Kier molecular flexibility index (Phi) is 4.98. The quantitative estimate of drug-likeness (QED) is 0.312. The number of fused-ring (bicyclic) bond motifs is 2. The van der Waals surface area contributed by atoms with Gasteiger partial charge in [0, 0.05) is 0 Å². The molecule has 6 N–H and O–H groups in total. The molecule has 32 heavy (non-hydrogen) atoms. The van der Waals surface area contributed by atoms with Crippen molar-refractivity contribution in [3.05, 3.63) is 64.2 Å². The summed E-state index contributed by atoms with van der Waals surface area (Å²) < 4.78 is 7.09. The maximum absolute atomic E-state index is 12.4. The van der Waals surface area contributed by atoms with Crippen molar-refractivity contribution in [1.29, 1.82) is 0 Å². The zero-order chi connectivity index (χ0) is 22.4. The number of aliphatic hydroxyl groups is 3. The number of aromatic nitrogens is 4. The molecular formula is C22H21N5O5. The van der Waals surface area contributed by atoms with Crippen molar-refractivity contribution < 1.29 is 20.1 Å². The van der Waals surface area contributed by atoms with Crippen LogP contribution in [0.2, 0.25) is 0 Å². The maximum Gasteiger partial charge on any atom is 0.280 e. The first-order valence-electron chi connectivity index (χ1n) is 10.0. The topological polar surface area (TPSA) is 160 Å². The molecule has 1 aliphatic rings. The van der Waals surface area contributed by atoms with Crippen LogP contribution in [0.25, 0.3) is 34.1 Å². The highest BCUT2D eigenvalue weighted by Crippen LogP contribution is 2.33. The summed E-state index contributed by atoms with van der Waals surface area (Å²) in [6, 6.07) is 13.8. The Labute approximate surface area is 181 Å². The van der Waals surface area contributed by atoms with Crippen LogP contribution in [-0.4, -0.2) is 59.8 Å². The van der Waals surface area contributed by atoms with Crippen molar-refractivity contribution in [2.45, 2.75) is 24.5 Å². The van der Waals surface area contributed by atoms with E-state index in [2.05, 4.69) is 15.0 Å². The first-order valence-corrected chi connectivity index (χ1v) is 10.0. The van der Waals surface area contributed by atoms with Gasteiger partial charge in [0.1, 0.15) is 24.1 Å². The lowest BCUT2D eigenvalue weighted by Gasteiger charge is -2.18. The molecule has 10 nitrogen and oxygen atoms in total. The largest absolute Gasteiger partial charge is 0.394 e. The molecule has 3 heterocycles.